The highest BCUT2D eigenvalue weighted by Gasteiger charge is 2.26. The van der Waals surface area contributed by atoms with Crippen molar-refractivity contribution >= 4 is 55.6 Å². The van der Waals surface area contributed by atoms with Gasteiger partial charge in [0.15, 0.2) is 11.5 Å². The molecule has 4 aromatic carbocycles. The van der Waals surface area contributed by atoms with Crippen molar-refractivity contribution in [3.63, 3.8) is 0 Å². The Kier molecular flexibility index (Phi) is 19.6. The molecule has 0 spiro atoms. The number of aromatic amines is 2. The summed E-state index contributed by atoms with van der Waals surface area (Å²) in [7, 11) is 0. The molecule has 6 aromatic rings. The number of unbranched alkanes of at least 4 members (excludes halogenated alkanes) is 12. The van der Waals surface area contributed by atoms with Crippen molar-refractivity contribution in [2.75, 3.05) is 39.3 Å². The first-order valence-electron chi connectivity index (χ1n) is 26.1. The van der Waals surface area contributed by atoms with Gasteiger partial charge in [-0.3, -0.25) is 0 Å². The first-order chi connectivity index (χ1) is 32.1. The minimum Gasteiger partial charge on any atom is -0.416 e. The fourth-order valence-corrected chi connectivity index (χ4v) is 10.1. The third-order valence-electron chi connectivity index (χ3n) is 14.0. The number of esters is 2. The van der Waals surface area contributed by atoms with E-state index in [9.17, 15) is 9.59 Å². The van der Waals surface area contributed by atoms with Crippen LogP contribution >= 0.6 is 0 Å². The van der Waals surface area contributed by atoms with Gasteiger partial charge in [0, 0.05) is 45.7 Å². The number of benzene rings is 4. The Labute approximate surface area is 396 Å². The number of rotatable bonds is 28. The quantitative estimate of drug-likeness (QED) is 0.0221. The molecule has 0 aliphatic carbocycles. The number of nitrogens with one attached hydrogen (secondary N) is 2. The van der Waals surface area contributed by atoms with E-state index in [1.807, 2.05) is 12.1 Å². The first kappa shape index (κ1) is 50.7. The summed E-state index contributed by atoms with van der Waals surface area (Å²) in [6.45, 7) is 23.9. The van der Waals surface area contributed by atoms with Crippen molar-refractivity contribution in [2.45, 2.75) is 171 Å². The summed E-state index contributed by atoms with van der Waals surface area (Å²) in [6, 6.07) is 16.5. The first-order valence-corrected chi connectivity index (χ1v) is 26.1. The molecule has 2 aromatic heterocycles. The van der Waals surface area contributed by atoms with Crippen LogP contribution < -0.4 is 9.47 Å². The SMILES string of the molecule is CCCCCCN(CCCCCC)CCc1ccc(OC(=O)C(=O)Oc2ccc(CCN(CCCCCC)CCCCCC)c3c2[nH]c2c(C)ccc(C)c23)c2[nH]c3c(C)ccc(C)c3c12. The topological polar surface area (TPSA) is 90.7 Å². The molecule has 0 atom stereocenters. The number of fused-ring (bicyclic) bond motifs is 6. The molecule has 0 aliphatic rings. The van der Waals surface area contributed by atoms with Crippen molar-refractivity contribution in [2.24, 2.45) is 0 Å². The van der Waals surface area contributed by atoms with Crippen LogP contribution in [0, 0.1) is 27.7 Å². The van der Waals surface area contributed by atoms with Crippen molar-refractivity contribution in [3.8, 4) is 11.5 Å². The van der Waals surface area contributed by atoms with Crippen LogP contribution in [-0.4, -0.2) is 71.0 Å². The Hall–Kier alpha value is -4.66. The summed E-state index contributed by atoms with van der Waals surface area (Å²) in [6.07, 6.45) is 21.8. The van der Waals surface area contributed by atoms with E-state index < -0.39 is 11.9 Å². The smallest absolute Gasteiger partial charge is 0.416 e. The number of carbonyl (C=O) groups is 2. The van der Waals surface area contributed by atoms with Crippen molar-refractivity contribution < 1.29 is 19.1 Å². The minimum atomic E-state index is -1.05. The normalized spacial score (nSPS) is 12.0. The van der Waals surface area contributed by atoms with Crippen molar-refractivity contribution in [1.82, 2.24) is 19.8 Å². The van der Waals surface area contributed by atoms with Crippen LogP contribution in [0.5, 0.6) is 11.5 Å². The standard InChI is InChI=1S/C58H82N4O4/c1-9-13-17-21-35-61(36-22-18-14-10-2)39-33-45-29-31-47(55-51(45)49-41(5)25-27-43(7)53(49)59-55)65-57(63)58(64)66-48-32-30-46(52-50-42(6)26-28-44(8)54(50)60-56(48)52)34-40-62(37-23-19-15-11-3)38-24-20-16-12-4/h25-32,59-60H,9-24,33-40H2,1-8H3. The van der Waals surface area contributed by atoms with Crippen LogP contribution in [0.25, 0.3) is 43.6 Å². The molecule has 2 heterocycles. The van der Waals surface area contributed by atoms with Crippen LogP contribution in [0.3, 0.4) is 0 Å². The molecule has 0 bridgehead atoms. The molecule has 66 heavy (non-hydrogen) atoms. The van der Waals surface area contributed by atoms with Gasteiger partial charge in [-0.1, -0.05) is 141 Å². The summed E-state index contributed by atoms with van der Waals surface area (Å²) in [4.78, 5) is 40.3. The highest BCUT2D eigenvalue weighted by atomic mass is 16.6. The molecular formula is C58H82N4O4. The maximum atomic E-state index is 13.9. The van der Waals surface area contributed by atoms with E-state index >= 15 is 0 Å². The van der Waals surface area contributed by atoms with Gasteiger partial charge in [0.1, 0.15) is 0 Å². The molecule has 8 nitrogen and oxygen atoms in total. The van der Waals surface area contributed by atoms with Crippen LogP contribution in [0.15, 0.2) is 48.5 Å². The van der Waals surface area contributed by atoms with Gasteiger partial charge in [-0.15, -0.1) is 0 Å². The van der Waals surface area contributed by atoms with Gasteiger partial charge in [-0.05, 0) is 138 Å². The number of ether oxygens (including phenoxy) is 2. The van der Waals surface area contributed by atoms with E-state index in [2.05, 4.69) is 112 Å². The third-order valence-corrected chi connectivity index (χ3v) is 14.0. The largest absolute Gasteiger partial charge is 0.423 e. The highest BCUT2D eigenvalue weighted by molar-refractivity contribution is 6.31. The molecule has 8 heteroatoms. The highest BCUT2D eigenvalue weighted by Crippen LogP contribution is 2.40. The molecule has 0 aliphatic heterocycles. The van der Waals surface area contributed by atoms with Crippen LogP contribution in [0.2, 0.25) is 0 Å². The Balaban J connectivity index is 1.26. The van der Waals surface area contributed by atoms with Gasteiger partial charge in [0.2, 0.25) is 0 Å². The molecule has 0 fully saturated rings. The lowest BCUT2D eigenvalue weighted by Crippen LogP contribution is -2.28. The summed E-state index contributed by atoms with van der Waals surface area (Å²) < 4.78 is 12.1. The minimum absolute atomic E-state index is 0.327. The average Bonchev–Trinajstić information content (AvgIpc) is 3.94. The van der Waals surface area contributed by atoms with E-state index in [0.29, 0.717) is 11.5 Å². The lowest BCUT2D eigenvalue weighted by molar-refractivity contribution is -0.156. The second-order valence-electron chi connectivity index (χ2n) is 19.3. The number of hydrogen-bond donors (Lipinski definition) is 2. The van der Waals surface area contributed by atoms with E-state index in [1.165, 1.54) is 114 Å². The fraction of sp³-hybridized carbons (Fsp3) is 0.552. The Morgan fingerprint density at radius 2 is 0.727 bits per heavy atom. The fourth-order valence-electron chi connectivity index (χ4n) is 10.1. The van der Waals surface area contributed by atoms with Crippen molar-refractivity contribution in [3.05, 3.63) is 81.9 Å². The van der Waals surface area contributed by atoms with Gasteiger partial charge in [0.05, 0.1) is 11.0 Å². The third kappa shape index (κ3) is 12.9. The maximum absolute atomic E-state index is 13.9. The Bertz CT molecular complexity index is 2310. The van der Waals surface area contributed by atoms with Crippen LogP contribution in [-0.2, 0) is 22.4 Å². The molecule has 0 amide bonds. The molecule has 0 saturated carbocycles. The maximum Gasteiger partial charge on any atom is 0.423 e. The lowest BCUT2D eigenvalue weighted by Gasteiger charge is -2.23. The molecular weight excluding hydrogens is 817 g/mol. The predicted molar refractivity (Wildman–Crippen MR) is 279 cm³/mol. The molecule has 2 N–H and O–H groups in total. The van der Waals surface area contributed by atoms with E-state index in [1.54, 1.807) is 0 Å². The average molecular weight is 899 g/mol. The number of aryl methyl sites for hydroxylation is 4. The van der Waals surface area contributed by atoms with E-state index in [-0.39, 0.29) is 0 Å². The van der Waals surface area contributed by atoms with E-state index in [0.717, 1.165) is 118 Å². The molecule has 0 unspecified atom stereocenters. The lowest BCUT2D eigenvalue weighted by atomic mass is 9.99. The van der Waals surface area contributed by atoms with Crippen molar-refractivity contribution in [1.29, 1.82) is 0 Å². The monoisotopic (exact) mass is 899 g/mol. The predicted octanol–water partition coefficient (Wildman–Crippen LogP) is 14.7. The number of nitrogens with zero attached hydrogens (tertiary/aromatic N) is 2. The summed E-state index contributed by atoms with van der Waals surface area (Å²) >= 11 is 0. The number of carbonyl (C=O) groups excluding carboxylic acids is 2. The number of H-pyrrole nitrogens is 2. The van der Waals surface area contributed by atoms with E-state index in [4.69, 9.17) is 9.47 Å². The summed E-state index contributed by atoms with van der Waals surface area (Å²) in [5.41, 5.74) is 10.5. The second-order valence-corrected chi connectivity index (χ2v) is 19.3. The summed E-state index contributed by atoms with van der Waals surface area (Å²) in [5, 5.41) is 4.40. The van der Waals surface area contributed by atoms with Gasteiger partial charge >= 0.3 is 11.9 Å². The molecule has 6 rings (SSSR count). The van der Waals surface area contributed by atoms with Gasteiger partial charge in [-0.2, -0.15) is 0 Å². The second kappa shape index (κ2) is 25.5. The zero-order valence-electron chi connectivity index (χ0n) is 42.1. The van der Waals surface area contributed by atoms with Gasteiger partial charge < -0.3 is 29.2 Å². The van der Waals surface area contributed by atoms with Crippen LogP contribution in [0.4, 0.5) is 0 Å². The summed E-state index contributed by atoms with van der Waals surface area (Å²) in [5.74, 6) is -1.45. The zero-order valence-corrected chi connectivity index (χ0v) is 42.1. The van der Waals surface area contributed by atoms with Gasteiger partial charge in [-0.25, -0.2) is 9.59 Å². The van der Waals surface area contributed by atoms with Crippen LogP contribution in [0.1, 0.15) is 164 Å². The Morgan fingerprint density at radius 3 is 1.06 bits per heavy atom. The molecule has 358 valence electrons. The zero-order chi connectivity index (χ0) is 47.0. The van der Waals surface area contributed by atoms with Gasteiger partial charge in [0.25, 0.3) is 0 Å². The number of hydrogen-bond acceptors (Lipinski definition) is 6. The molecule has 0 saturated heterocycles. The number of aromatic nitrogens is 2. The Morgan fingerprint density at radius 1 is 0.394 bits per heavy atom. The molecule has 0 radical (unpaired) electrons.